The number of rotatable bonds is 6. The van der Waals surface area contributed by atoms with Crippen LogP contribution in [0.1, 0.15) is 30.4 Å². The highest BCUT2D eigenvalue weighted by atomic mass is 32.1. The minimum atomic E-state index is 0.748. The van der Waals surface area contributed by atoms with E-state index in [2.05, 4.69) is 20.2 Å². The zero-order valence-electron chi connectivity index (χ0n) is 16.9. The summed E-state index contributed by atoms with van der Waals surface area (Å²) in [5.41, 5.74) is 4.05. The molecule has 0 radical (unpaired) electrons. The first-order valence-electron chi connectivity index (χ1n) is 10.6. The maximum Gasteiger partial charge on any atom is 0.279 e. The van der Waals surface area contributed by atoms with Crippen LogP contribution in [-0.2, 0) is 22.3 Å². The monoisotopic (exact) mass is 414 g/mol. The summed E-state index contributed by atoms with van der Waals surface area (Å²) in [7, 11) is 1.74. The molecule has 1 aliphatic carbocycles. The number of ether oxygens (including phenoxy) is 2. The van der Waals surface area contributed by atoms with Gasteiger partial charge in [-0.2, -0.15) is 0 Å². The Balaban J connectivity index is 1.62. The van der Waals surface area contributed by atoms with Crippen LogP contribution in [-0.4, -0.2) is 56.5 Å². The number of aryl methyl sites for hydroxylation is 1. The van der Waals surface area contributed by atoms with Crippen LogP contribution in [0.4, 0.5) is 11.6 Å². The van der Waals surface area contributed by atoms with Gasteiger partial charge in [0, 0.05) is 25.8 Å². The van der Waals surface area contributed by atoms with Gasteiger partial charge in [-0.15, -0.1) is 0 Å². The third-order valence-electron chi connectivity index (χ3n) is 5.90. The molecule has 1 saturated heterocycles. The first-order valence-corrected chi connectivity index (χ1v) is 11.4. The summed E-state index contributed by atoms with van der Waals surface area (Å²) in [4.78, 5) is 16.7. The Bertz CT molecular complexity index is 1020. The highest BCUT2D eigenvalue weighted by Gasteiger charge is 2.30. The second-order valence-electron chi connectivity index (χ2n) is 7.72. The molecule has 0 unspecified atom stereocenters. The van der Waals surface area contributed by atoms with Gasteiger partial charge in [-0.3, -0.25) is 4.90 Å². The standard InChI is InChI=1S/C21H27N5O2S/c1-27-10-4-7-22-19-18-17(23-13-24-19)16-14-5-2-3-6-15(14)20(25-21(16)29-18)26-8-11-28-12-9-26/h13H,2-12H2,1H3,(H,22,23,24)/p+1. The lowest BCUT2D eigenvalue weighted by molar-refractivity contribution is -0.328. The molecule has 4 heterocycles. The van der Waals surface area contributed by atoms with E-state index < -0.39 is 0 Å². The zero-order valence-corrected chi connectivity index (χ0v) is 17.7. The maximum atomic E-state index is 5.58. The van der Waals surface area contributed by atoms with Crippen LogP contribution >= 0.6 is 11.3 Å². The van der Waals surface area contributed by atoms with E-state index in [1.54, 1.807) is 24.8 Å². The Kier molecular flexibility index (Phi) is 5.48. The van der Waals surface area contributed by atoms with Crippen LogP contribution in [0.15, 0.2) is 6.33 Å². The average Bonchev–Trinajstić information content (AvgIpc) is 3.16. The van der Waals surface area contributed by atoms with E-state index in [1.807, 2.05) is 0 Å². The van der Waals surface area contributed by atoms with Gasteiger partial charge >= 0.3 is 0 Å². The van der Waals surface area contributed by atoms with Gasteiger partial charge in [0.2, 0.25) is 0 Å². The van der Waals surface area contributed by atoms with Gasteiger partial charge in [0.15, 0.2) is 4.83 Å². The number of H-pyrrole nitrogens is 1. The lowest BCUT2D eigenvalue weighted by atomic mass is 9.90. The fourth-order valence-electron chi connectivity index (χ4n) is 4.51. The molecule has 1 aliphatic heterocycles. The topological polar surface area (TPSA) is 73.7 Å². The van der Waals surface area contributed by atoms with Gasteiger partial charge in [0.1, 0.15) is 29.9 Å². The highest BCUT2D eigenvalue weighted by Crippen LogP contribution is 2.40. The fraction of sp³-hybridized carbons (Fsp3) is 0.571. The van der Waals surface area contributed by atoms with E-state index >= 15 is 0 Å². The number of nitrogens with one attached hydrogen (secondary N) is 2. The van der Waals surface area contributed by atoms with Gasteiger partial charge in [-0.1, -0.05) is 11.3 Å². The van der Waals surface area contributed by atoms with Crippen LogP contribution in [0.25, 0.3) is 20.4 Å². The number of aromatic nitrogens is 3. The molecule has 0 atom stereocenters. The Labute approximate surface area is 174 Å². The summed E-state index contributed by atoms with van der Waals surface area (Å²) >= 11 is 1.77. The number of nitrogens with zero attached hydrogens (tertiary/aromatic N) is 3. The molecule has 154 valence electrons. The molecule has 29 heavy (non-hydrogen) atoms. The molecular formula is C21H28N5O2S+. The number of methoxy groups -OCH3 is 1. The summed E-state index contributed by atoms with van der Waals surface area (Å²) in [6.45, 7) is 5.09. The summed E-state index contributed by atoms with van der Waals surface area (Å²) < 4.78 is 11.9. The van der Waals surface area contributed by atoms with E-state index in [0.717, 1.165) is 74.8 Å². The molecule has 0 aromatic carbocycles. The molecule has 3 aromatic rings. The van der Waals surface area contributed by atoms with Gasteiger partial charge < -0.3 is 14.8 Å². The Morgan fingerprint density at radius 1 is 1.21 bits per heavy atom. The van der Waals surface area contributed by atoms with E-state index in [9.17, 15) is 0 Å². The lowest BCUT2D eigenvalue weighted by Crippen LogP contribution is -2.40. The van der Waals surface area contributed by atoms with Crippen LogP contribution in [0.5, 0.6) is 0 Å². The quantitative estimate of drug-likeness (QED) is 0.626. The average molecular weight is 415 g/mol. The van der Waals surface area contributed by atoms with Crippen molar-refractivity contribution in [1.29, 1.82) is 0 Å². The third kappa shape index (κ3) is 3.53. The van der Waals surface area contributed by atoms with Crippen molar-refractivity contribution in [3.05, 3.63) is 17.5 Å². The fourth-order valence-corrected chi connectivity index (χ4v) is 5.66. The second-order valence-corrected chi connectivity index (χ2v) is 8.74. The SMILES string of the molecule is COCCCNc1ncnc2c1sc1[nH+]c(N3CCOCC3)c3c(c12)CCCC3. The Morgan fingerprint density at radius 3 is 2.86 bits per heavy atom. The summed E-state index contributed by atoms with van der Waals surface area (Å²) in [6, 6.07) is 0. The molecule has 2 N–H and O–H groups in total. The van der Waals surface area contributed by atoms with Crippen molar-refractivity contribution < 1.29 is 14.5 Å². The summed E-state index contributed by atoms with van der Waals surface area (Å²) in [5.74, 6) is 2.22. The van der Waals surface area contributed by atoms with Crippen LogP contribution < -0.4 is 15.2 Å². The molecular weight excluding hydrogens is 386 g/mol. The Hall–Kier alpha value is -2.03. The third-order valence-corrected chi connectivity index (χ3v) is 7.01. The Morgan fingerprint density at radius 2 is 2.03 bits per heavy atom. The smallest absolute Gasteiger partial charge is 0.279 e. The van der Waals surface area contributed by atoms with Crippen LogP contribution in [0.3, 0.4) is 0 Å². The molecule has 5 rings (SSSR count). The molecule has 1 fully saturated rings. The van der Waals surface area contributed by atoms with Crippen molar-refractivity contribution >= 4 is 43.4 Å². The summed E-state index contributed by atoms with van der Waals surface area (Å²) in [6.07, 6.45) is 7.42. The first-order chi connectivity index (χ1) is 14.4. The molecule has 0 amide bonds. The molecule has 0 spiro atoms. The predicted octanol–water partition coefficient (Wildman–Crippen LogP) is 2.82. The normalized spacial score (nSPS) is 17.1. The minimum Gasteiger partial charge on any atom is -0.385 e. The first kappa shape index (κ1) is 19.0. The number of aromatic amines is 1. The van der Waals surface area contributed by atoms with Crippen molar-refractivity contribution in [2.75, 3.05) is 56.8 Å². The molecule has 8 heteroatoms. The number of pyridine rings is 1. The molecule has 2 aliphatic rings. The second kappa shape index (κ2) is 8.38. The number of thiophene rings is 1. The number of hydrogen-bond acceptors (Lipinski definition) is 7. The molecule has 0 bridgehead atoms. The lowest BCUT2D eigenvalue weighted by Gasteiger charge is -2.25. The number of fused-ring (bicyclic) bond motifs is 5. The largest absolute Gasteiger partial charge is 0.385 e. The van der Waals surface area contributed by atoms with E-state index in [-0.39, 0.29) is 0 Å². The van der Waals surface area contributed by atoms with Gasteiger partial charge in [-0.25, -0.2) is 15.0 Å². The highest BCUT2D eigenvalue weighted by molar-refractivity contribution is 7.25. The van der Waals surface area contributed by atoms with E-state index in [1.165, 1.54) is 40.0 Å². The molecule has 7 nitrogen and oxygen atoms in total. The van der Waals surface area contributed by atoms with Crippen molar-refractivity contribution in [2.45, 2.75) is 32.1 Å². The number of hydrogen-bond donors (Lipinski definition) is 1. The minimum absolute atomic E-state index is 0.748. The van der Waals surface area contributed by atoms with E-state index in [4.69, 9.17) is 14.5 Å². The zero-order chi connectivity index (χ0) is 19.6. The predicted molar refractivity (Wildman–Crippen MR) is 116 cm³/mol. The van der Waals surface area contributed by atoms with Crippen molar-refractivity contribution in [3.63, 3.8) is 0 Å². The summed E-state index contributed by atoms with van der Waals surface area (Å²) in [5, 5.41) is 4.78. The van der Waals surface area contributed by atoms with Crippen LogP contribution in [0.2, 0.25) is 0 Å². The molecule has 3 aromatic heterocycles. The molecule has 0 saturated carbocycles. The van der Waals surface area contributed by atoms with Gasteiger partial charge in [0.25, 0.3) is 5.82 Å². The van der Waals surface area contributed by atoms with Crippen molar-refractivity contribution in [3.8, 4) is 0 Å². The van der Waals surface area contributed by atoms with Crippen LogP contribution in [0, 0.1) is 0 Å². The van der Waals surface area contributed by atoms with Crippen molar-refractivity contribution in [1.82, 2.24) is 9.97 Å². The van der Waals surface area contributed by atoms with Gasteiger partial charge in [0.05, 0.1) is 24.1 Å². The number of anilines is 2. The van der Waals surface area contributed by atoms with E-state index in [0.29, 0.717) is 0 Å². The van der Waals surface area contributed by atoms with Crippen molar-refractivity contribution in [2.24, 2.45) is 0 Å². The van der Waals surface area contributed by atoms with Gasteiger partial charge in [-0.05, 0) is 37.7 Å². The number of morpholine rings is 1. The maximum absolute atomic E-state index is 5.58.